The van der Waals surface area contributed by atoms with Crippen molar-refractivity contribution < 1.29 is 71.3 Å². The second kappa shape index (κ2) is 16.6. The molecule has 0 radical (unpaired) electrons. The minimum Gasteiger partial charge on any atom is -0.504 e. The highest BCUT2D eigenvalue weighted by atomic mass is 32.2. The SMILES string of the molecule is CO[C@@]1(NC(=O)C(NC(=O)c2c(C)oc3cc(O)c(O)cc3c2=O)c2ccc(OCC(=O)O)cc2)C(=O)N2C(C(=O)O)=C(CSc3nnnn3CCS(=O)(=O)O)CS[C@@H]21. The molecule has 0 saturated carbocycles. The number of β-lactam (4-membered cyclic amide) rings is 1. The summed E-state index contributed by atoms with van der Waals surface area (Å²) in [5.41, 5.74) is -4.00. The van der Waals surface area contributed by atoms with Crippen molar-refractivity contribution in [1.29, 1.82) is 0 Å². The second-order valence-electron chi connectivity index (χ2n) is 12.6. The van der Waals surface area contributed by atoms with Crippen molar-refractivity contribution in [3.05, 3.63) is 74.8 Å². The van der Waals surface area contributed by atoms with Crippen molar-refractivity contribution in [3.8, 4) is 17.2 Å². The topological polar surface area (TPSA) is 340 Å². The number of nitrogens with zero attached hydrogens (tertiary/aromatic N) is 5. The van der Waals surface area contributed by atoms with Gasteiger partial charge in [-0.25, -0.2) is 14.3 Å². The molecule has 7 N–H and O–H groups in total. The number of tetrazole rings is 1. The van der Waals surface area contributed by atoms with Crippen molar-refractivity contribution >= 4 is 74.3 Å². The zero-order chi connectivity index (χ0) is 43.0. The van der Waals surface area contributed by atoms with Gasteiger partial charge in [-0.2, -0.15) is 8.42 Å². The molecule has 1 unspecified atom stereocenters. The van der Waals surface area contributed by atoms with Crippen LogP contribution in [0.25, 0.3) is 11.0 Å². The van der Waals surface area contributed by atoms with Gasteiger partial charge in [0.15, 0.2) is 18.1 Å². The first kappa shape index (κ1) is 42.4. The van der Waals surface area contributed by atoms with E-state index in [0.717, 1.165) is 52.3 Å². The Bertz CT molecular complexity index is 2600. The van der Waals surface area contributed by atoms with Gasteiger partial charge in [-0.15, -0.1) is 16.9 Å². The summed E-state index contributed by atoms with van der Waals surface area (Å²) in [6.07, 6.45) is 0. The van der Waals surface area contributed by atoms with Crippen LogP contribution in [0.5, 0.6) is 17.2 Å². The van der Waals surface area contributed by atoms with Gasteiger partial charge < -0.3 is 45.0 Å². The molecule has 26 heteroatoms. The molecule has 6 rings (SSSR count). The maximum atomic E-state index is 14.3. The molecule has 23 nitrogen and oxygen atoms in total. The number of fused-ring (bicyclic) bond motifs is 2. The van der Waals surface area contributed by atoms with Crippen molar-refractivity contribution in [2.45, 2.75) is 35.8 Å². The second-order valence-corrected chi connectivity index (χ2v) is 16.2. The molecule has 312 valence electrons. The van der Waals surface area contributed by atoms with Gasteiger partial charge in [0, 0.05) is 24.7 Å². The number of amides is 3. The van der Waals surface area contributed by atoms with E-state index in [2.05, 4.69) is 26.2 Å². The predicted octanol–water partition coefficient (Wildman–Crippen LogP) is -0.174. The van der Waals surface area contributed by atoms with Crippen molar-refractivity contribution in [2.24, 2.45) is 0 Å². The third-order valence-corrected chi connectivity index (χ3v) is 12.0. The summed E-state index contributed by atoms with van der Waals surface area (Å²) in [6.45, 7) is 0.282. The van der Waals surface area contributed by atoms with Gasteiger partial charge in [-0.1, -0.05) is 23.9 Å². The predicted molar refractivity (Wildman–Crippen MR) is 201 cm³/mol. The summed E-state index contributed by atoms with van der Waals surface area (Å²) in [7, 11) is -3.25. The van der Waals surface area contributed by atoms with E-state index in [0.29, 0.717) is 0 Å². The fourth-order valence-corrected chi connectivity index (χ4v) is 8.99. The zero-order valence-corrected chi connectivity index (χ0v) is 32.8. The summed E-state index contributed by atoms with van der Waals surface area (Å²) in [5.74, 6) is -8.17. The number of aliphatic carboxylic acids is 2. The number of benzene rings is 2. The van der Waals surface area contributed by atoms with E-state index in [1.165, 1.54) is 31.2 Å². The molecule has 2 aromatic carbocycles. The number of ether oxygens (including phenoxy) is 2. The van der Waals surface area contributed by atoms with Crippen molar-refractivity contribution in [2.75, 3.05) is 31.0 Å². The molecule has 4 heterocycles. The summed E-state index contributed by atoms with van der Waals surface area (Å²) < 4.78 is 48.9. The van der Waals surface area contributed by atoms with Gasteiger partial charge in [-0.05, 0) is 46.7 Å². The number of hydrogen-bond donors (Lipinski definition) is 7. The Morgan fingerprint density at radius 1 is 1.12 bits per heavy atom. The number of phenolic OH excluding ortho intramolecular Hbond substituents is 2. The van der Waals surface area contributed by atoms with Crippen LogP contribution in [0.3, 0.4) is 0 Å². The molecule has 1 fully saturated rings. The van der Waals surface area contributed by atoms with Gasteiger partial charge in [-0.3, -0.25) is 28.6 Å². The Morgan fingerprint density at radius 3 is 2.46 bits per heavy atom. The number of carbonyl (C=O) groups excluding carboxylic acids is 3. The average Bonchev–Trinajstić information content (AvgIpc) is 3.64. The molecule has 3 atom stereocenters. The lowest BCUT2D eigenvalue weighted by molar-refractivity contribution is -0.192. The first-order valence-corrected chi connectivity index (χ1v) is 20.4. The number of hydrogen-bond acceptors (Lipinski definition) is 18. The Hall–Kier alpha value is -6.22. The first-order chi connectivity index (χ1) is 27.8. The van der Waals surface area contributed by atoms with Gasteiger partial charge in [0.1, 0.15) is 39.8 Å². The van der Waals surface area contributed by atoms with E-state index in [1.807, 2.05) is 0 Å². The van der Waals surface area contributed by atoms with Crippen LogP contribution in [-0.2, 0) is 40.6 Å². The summed E-state index contributed by atoms with van der Waals surface area (Å²) >= 11 is 1.96. The molecule has 59 heavy (non-hydrogen) atoms. The number of aromatic hydroxyl groups is 2. The van der Waals surface area contributed by atoms with Gasteiger partial charge in [0.25, 0.3) is 27.7 Å². The van der Waals surface area contributed by atoms with E-state index >= 15 is 0 Å². The normalized spacial score (nSPS) is 18.2. The third-order valence-electron chi connectivity index (χ3n) is 8.88. The monoisotopic (exact) mass is 877 g/mol. The highest BCUT2D eigenvalue weighted by molar-refractivity contribution is 8.01. The lowest BCUT2D eigenvalue weighted by Gasteiger charge is -2.56. The van der Waals surface area contributed by atoms with E-state index in [9.17, 15) is 52.5 Å². The van der Waals surface area contributed by atoms with Crippen molar-refractivity contribution in [1.82, 2.24) is 35.7 Å². The van der Waals surface area contributed by atoms with E-state index < -0.39 is 97.5 Å². The molecular weight excluding hydrogens is 847 g/mol. The molecule has 4 aromatic rings. The lowest BCUT2D eigenvalue weighted by Crippen LogP contribution is -2.81. The number of carboxylic acids is 2. The highest BCUT2D eigenvalue weighted by Gasteiger charge is 2.67. The Labute approximate surface area is 339 Å². The lowest BCUT2D eigenvalue weighted by atomic mass is 9.96. The Kier molecular flexibility index (Phi) is 11.9. The van der Waals surface area contributed by atoms with Gasteiger partial charge >= 0.3 is 11.9 Å². The van der Waals surface area contributed by atoms with Gasteiger partial charge in [0.2, 0.25) is 16.5 Å². The molecule has 2 aromatic heterocycles. The molecule has 0 bridgehead atoms. The van der Waals surface area contributed by atoms with Crippen LogP contribution in [0.15, 0.2) is 62.0 Å². The molecule has 0 aliphatic carbocycles. The first-order valence-electron chi connectivity index (χ1n) is 16.7. The van der Waals surface area contributed by atoms with Crippen LogP contribution < -0.4 is 20.8 Å². The van der Waals surface area contributed by atoms with Crippen molar-refractivity contribution in [3.63, 3.8) is 0 Å². The number of carbonyl (C=O) groups is 5. The number of rotatable bonds is 16. The quantitative estimate of drug-likeness (QED) is 0.0252. The summed E-state index contributed by atoms with van der Waals surface area (Å²) in [5, 5.41) is 53.6. The van der Waals surface area contributed by atoms with Crippen LogP contribution in [0.2, 0.25) is 0 Å². The number of carboxylic acid groups (broad SMARTS) is 2. The minimum atomic E-state index is -4.34. The Balaban J connectivity index is 1.28. The number of methoxy groups -OCH3 is 1. The smallest absolute Gasteiger partial charge is 0.352 e. The van der Waals surface area contributed by atoms with E-state index in [-0.39, 0.29) is 56.8 Å². The number of thioether (sulfide) groups is 2. The molecule has 2 aliphatic rings. The maximum Gasteiger partial charge on any atom is 0.352 e. The summed E-state index contributed by atoms with van der Waals surface area (Å²) in [4.78, 5) is 80.1. The molecule has 3 amide bonds. The van der Waals surface area contributed by atoms with Crippen LogP contribution in [0.1, 0.15) is 27.7 Å². The molecular formula is C33H31N7O16S3. The van der Waals surface area contributed by atoms with E-state index in [4.69, 9.17) is 23.6 Å². The zero-order valence-electron chi connectivity index (χ0n) is 30.3. The highest BCUT2D eigenvalue weighted by Crippen LogP contribution is 2.47. The summed E-state index contributed by atoms with van der Waals surface area (Å²) in [6, 6.07) is 5.36. The largest absolute Gasteiger partial charge is 0.504 e. The number of aryl methyl sites for hydroxylation is 2. The number of nitrogens with one attached hydrogen (secondary N) is 2. The number of phenols is 2. The number of aromatic nitrogens is 4. The fraction of sp³-hybridized carbons (Fsp3) is 0.303. The fourth-order valence-electron chi connectivity index (χ4n) is 6.10. The van der Waals surface area contributed by atoms with E-state index in [1.54, 1.807) is 0 Å². The Morgan fingerprint density at radius 2 is 1.81 bits per heavy atom. The van der Waals surface area contributed by atoms with Gasteiger partial charge in [0.05, 0.1) is 17.7 Å². The minimum absolute atomic E-state index is 0.0149. The van der Waals surface area contributed by atoms with Crippen LogP contribution in [0, 0.1) is 6.92 Å². The molecule has 1 saturated heterocycles. The molecule has 0 spiro atoms. The average molecular weight is 878 g/mol. The van der Waals surface area contributed by atoms with Crippen LogP contribution >= 0.6 is 23.5 Å². The van der Waals surface area contributed by atoms with Crippen LogP contribution in [0.4, 0.5) is 0 Å². The maximum absolute atomic E-state index is 14.3. The molecule has 2 aliphatic heterocycles. The third kappa shape index (κ3) is 8.51. The standard InChI is InChI=1S/C33H31N7O16S3/c1-14-23(26(45)18-9-19(41)20(42)10-21(18)56-14)27(46)34-24(15-3-5-17(6-4-15)55-11-22(43)44)28(47)35-33(54-2)30(50)40-25(29(48)49)16(12-57-31(33)40)13-58-32-36-37-38-39(32)7-8-59(51,52)53/h3-6,9-10,24,31,41-42H,7-8,11-13H2,1-2H3,(H,34,46)(H,35,47)(H,43,44)(H,48,49)(H,51,52,53)/t24?,31-,33+/m1/s1. The van der Waals surface area contributed by atoms with Crippen LogP contribution in [-0.4, -0.2) is 130 Å².